The molecule has 2 aliphatic rings. The Labute approximate surface area is 228 Å². The van der Waals surface area contributed by atoms with Crippen LogP contribution in [0.4, 0.5) is 0 Å². The summed E-state index contributed by atoms with van der Waals surface area (Å²) in [6.45, 7) is 3.30. The number of carbonyl (C=O) groups is 4. The van der Waals surface area contributed by atoms with Crippen molar-refractivity contribution in [3.63, 3.8) is 0 Å². The normalized spacial score (nSPS) is 22.4. The number of aromatic nitrogens is 3. The molecule has 16 heteroatoms. The van der Waals surface area contributed by atoms with E-state index < -0.39 is 68.9 Å². The number of rotatable bonds is 6. The molecule has 1 aromatic heterocycles. The van der Waals surface area contributed by atoms with Crippen LogP contribution in [0, 0.1) is 0 Å². The summed E-state index contributed by atoms with van der Waals surface area (Å²) in [5.41, 5.74) is -2.53. The van der Waals surface area contributed by atoms with E-state index in [1.54, 1.807) is 13.8 Å². The van der Waals surface area contributed by atoms with Crippen LogP contribution in [-0.4, -0.2) is 71.1 Å². The molecule has 2 saturated heterocycles. The number of aliphatic carboxylic acids is 1. The molecule has 2 aliphatic heterocycles. The van der Waals surface area contributed by atoms with Gasteiger partial charge in [-0.3, -0.25) is 24.2 Å². The molecule has 1 aromatic carbocycles. The average Bonchev–Trinajstić information content (AvgIpc) is 3.04. The van der Waals surface area contributed by atoms with E-state index in [4.69, 9.17) is 0 Å². The zero-order valence-electron chi connectivity index (χ0n) is 19.2. The van der Waals surface area contributed by atoms with Gasteiger partial charge in [-0.1, -0.05) is 12.1 Å². The van der Waals surface area contributed by atoms with Gasteiger partial charge in [0, 0.05) is 4.75 Å². The summed E-state index contributed by atoms with van der Waals surface area (Å²) in [6.07, 6.45) is 0. The second-order valence-electron chi connectivity index (χ2n) is 8.42. The van der Waals surface area contributed by atoms with Crippen molar-refractivity contribution in [1.82, 2.24) is 30.7 Å². The standard InChI is InChI=1S/C20H20N6O8S.Na/c1-20(2)12(18(32)33)26-16(31)11(17(26)35-20)22-13(28)9(7-3-5-8(27)6-4-7)21-14(29)10-15(30)23-19(34)25-24-10;/h3-6,9,11-12,17,27H,1-2H3,(H,21,29)(H,22,28)(H,32,33)(H2,23,25,30,34);/q;+1/p-1/t9?,11-,12+,17-;/m1./s1. The molecule has 0 aliphatic carbocycles. The topological polar surface area (TPSA) is 217 Å². The first kappa shape index (κ1) is 27.4. The third-order valence-corrected chi connectivity index (χ3v) is 7.22. The number of aromatic amines is 2. The summed E-state index contributed by atoms with van der Waals surface area (Å²) in [6, 6.07) is 1.55. The van der Waals surface area contributed by atoms with E-state index in [0.717, 1.165) is 4.90 Å². The van der Waals surface area contributed by atoms with Crippen LogP contribution in [0.3, 0.4) is 0 Å². The van der Waals surface area contributed by atoms with Crippen LogP contribution >= 0.6 is 11.8 Å². The molecule has 14 nitrogen and oxygen atoms in total. The molecule has 5 N–H and O–H groups in total. The van der Waals surface area contributed by atoms with E-state index in [1.165, 1.54) is 36.0 Å². The van der Waals surface area contributed by atoms with Gasteiger partial charge in [0.15, 0.2) is 0 Å². The maximum absolute atomic E-state index is 13.2. The smallest absolute Gasteiger partial charge is 0.548 e. The second-order valence-corrected chi connectivity index (χ2v) is 10.2. The van der Waals surface area contributed by atoms with Gasteiger partial charge in [-0.05, 0) is 31.5 Å². The van der Waals surface area contributed by atoms with Gasteiger partial charge in [0.2, 0.25) is 17.5 Å². The number of nitrogens with one attached hydrogen (secondary N) is 4. The van der Waals surface area contributed by atoms with Crippen LogP contribution < -0.4 is 56.5 Å². The number of H-pyrrole nitrogens is 2. The predicted octanol–water partition coefficient (Wildman–Crippen LogP) is -6.06. The van der Waals surface area contributed by atoms with E-state index >= 15 is 0 Å². The first-order chi connectivity index (χ1) is 16.4. The minimum atomic E-state index is -1.44. The van der Waals surface area contributed by atoms with Crippen LogP contribution in [0.1, 0.15) is 35.9 Å². The van der Waals surface area contributed by atoms with Crippen LogP contribution in [-0.2, 0) is 14.4 Å². The monoisotopic (exact) mass is 526 g/mol. The zero-order chi connectivity index (χ0) is 25.7. The molecule has 1 unspecified atom stereocenters. The molecule has 184 valence electrons. The molecule has 36 heavy (non-hydrogen) atoms. The maximum Gasteiger partial charge on any atom is 1.00 e. The minimum Gasteiger partial charge on any atom is -0.548 e. The molecule has 3 heterocycles. The predicted molar refractivity (Wildman–Crippen MR) is 117 cm³/mol. The van der Waals surface area contributed by atoms with Gasteiger partial charge in [0.05, 0.1) is 12.0 Å². The van der Waals surface area contributed by atoms with Crippen molar-refractivity contribution < 1.29 is 58.9 Å². The van der Waals surface area contributed by atoms with Gasteiger partial charge < -0.3 is 30.5 Å². The number of carboxylic acids is 1. The van der Waals surface area contributed by atoms with Gasteiger partial charge in [0.25, 0.3) is 11.5 Å². The van der Waals surface area contributed by atoms with Gasteiger partial charge in [-0.2, -0.15) is 5.10 Å². The number of fused-ring (bicyclic) bond motifs is 1. The van der Waals surface area contributed by atoms with E-state index in [0.29, 0.717) is 0 Å². The number of nitrogens with zero attached hydrogens (tertiary/aromatic N) is 2. The fourth-order valence-electron chi connectivity index (χ4n) is 4.03. The SMILES string of the molecule is CC1(C)S[C@@H]2[C@H](NC(=O)C(NC(=O)c3n[nH]c(=O)[nH]c3=O)c3ccc(O)cc3)C(=O)N2[C@H]1C(=O)[O-].[Na+]. The maximum atomic E-state index is 13.2. The number of thioether (sulfide) groups is 1. The fraction of sp³-hybridized carbons (Fsp3) is 0.350. The molecule has 0 radical (unpaired) electrons. The first-order valence-electron chi connectivity index (χ1n) is 10.2. The molecule has 4 atom stereocenters. The van der Waals surface area contributed by atoms with E-state index in [-0.39, 0.29) is 40.9 Å². The van der Waals surface area contributed by atoms with E-state index in [1.807, 2.05) is 10.1 Å². The Morgan fingerprint density at radius 1 is 1.19 bits per heavy atom. The molecule has 0 saturated carbocycles. The summed E-state index contributed by atoms with van der Waals surface area (Å²) < 4.78 is -0.861. The van der Waals surface area contributed by atoms with Crippen molar-refractivity contribution in [3.05, 3.63) is 56.4 Å². The van der Waals surface area contributed by atoms with E-state index in [2.05, 4.69) is 15.7 Å². The summed E-state index contributed by atoms with van der Waals surface area (Å²) >= 11 is 1.19. The van der Waals surface area contributed by atoms with Crippen molar-refractivity contribution in [2.75, 3.05) is 0 Å². The van der Waals surface area contributed by atoms with Gasteiger partial charge in [0.1, 0.15) is 23.2 Å². The third-order valence-electron chi connectivity index (χ3n) is 5.65. The van der Waals surface area contributed by atoms with Crippen molar-refractivity contribution >= 4 is 35.5 Å². The van der Waals surface area contributed by atoms with Crippen molar-refractivity contribution in [1.29, 1.82) is 0 Å². The van der Waals surface area contributed by atoms with Gasteiger partial charge in [-0.15, -0.1) is 11.8 Å². The van der Waals surface area contributed by atoms with Crippen molar-refractivity contribution in [2.24, 2.45) is 0 Å². The van der Waals surface area contributed by atoms with Crippen LogP contribution in [0.2, 0.25) is 0 Å². The number of hydrogen-bond donors (Lipinski definition) is 5. The Morgan fingerprint density at radius 3 is 2.42 bits per heavy atom. The summed E-state index contributed by atoms with van der Waals surface area (Å²) in [5.74, 6) is -4.06. The summed E-state index contributed by atoms with van der Waals surface area (Å²) in [4.78, 5) is 76.2. The van der Waals surface area contributed by atoms with Crippen LogP contribution in [0.5, 0.6) is 5.75 Å². The molecule has 2 fully saturated rings. The largest absolute Gasteiger partial charge is 1.00 e. The fourth-order valence-corrected chi connectivity index (χ4v) is 5.65. The average molecular weight is 526 g/mol. The third kappa shape index (κ3) is 4.91. The number of β-lactam (4-membered cyclic amide) rings is 1. The number of phenolic OH excluding ortho intramolecular Hbond substituents is 1. The second kappa shape index (κ2) is 10.1. The molecular weight excluding hydrogens is 507 g/mol. The number of carbonyl (C=O) groups excluding carboxylic acids is 4. The molecule has 0 bridgehead atoms. The number of phenols is 1. The van der Waals surface area contributed by atoms with Crippen molar-refractivity contribution in [2.45, 2.75) is 42.1 Å². The Morgan fingerprint density at radius 2 is 1.83 bits per heavy atom. The number of aromatic hydroxyl groups is 1. The number of hydrogen-bond acceptors (Lipinski definition) is 10. The minimum absolute atomic E-state index is 0. The van der Waals surface area contributed by atoms with Gasteiger partial charge >= 0.3 is 35.2 Å². The van der Waals surface area contributed by atoms with Crippen LogP contribution in [0.25, 0.3) is 0 Å². The number of benzene rings is 1. The Balaban J connectivity index is 0.00000361. The van der Waals surface area contributed by atoms with Crippen LogP contribution in [0.15, 0.2) is 33.9 Å². The Hall–Kier alpha value is -3.14. The Bertz CT molecular complexity index is 1340. The molecular formula is C20H19N6NaO8S. The molecule has 2 aromatic rings. The van der Waals surface area contributed by atoms with Crippen molar-refractivity contribution in [3.8, 4) is 5.75 Å². The first-order valence-corrected chi connectivity index (χ1v) is 11.1. The zero-order valence-corrected chi connectivity index (χ0v) is 22.0. The molecule has 4 rings (SSSR count). The number of amides is 3. The number of carboxylic acid groups (broad SMARTS) is 1. The summed E-state index contributed by atoms with van der Waals surface area (Å²) in [5, 5.41) is 30.6. The molecule has 0 spiro atoms. The molecule has 3 amide bonds. The Kier molecular flexibility index (Phi) is 7.69. The quantitative estimate of drug-likeness (QED) is 0.177. The van der Waals surface area contributed by atoms with E-state index in [9.17, 15) is 39.0 Å². The summed E-state index contributed by atoms with van der Waals surface area (Å²) in [7, 11) is 0. The van der Waals surface area contributed by atoms with Gasteiger partial charge in [-0.25, -0.2) is 9.89 Å².